The van der Waals surface area contributed by atoms with Gasteiger partial charge in [-0.3, -0.25) is 0 Å². The molecule has 2 fully saturated rings. The average Bonchev–Trinajstić information content (AvgIpc) is 3.26. The number of ether oxygens (including phenoxy) is 1. The lowest BCUT2D eigenvalue weighted by molar-refractivity contribution is 0.0600. The quantitative estimate of drug-likeness (QED) is 0.0900. The molecule has 4 N–H and O–H groups in total. The van der Waals surface area contributed by atoms with Crippen LogP contribution in [0.1, 0.15) is 41.6 Å². The molecule has 2 aromatic heterocycles. The number of benzene rings is 4. The monoisotopic (exact) mass is 877 g/mol. The number of hydrogen-bond acceptors (Lipinski definition) is 11. The summed E-state index contributed by atoms with van der Waals surface area (Å²) in [6.45, 7) is 3.48. The first-order chi connectivity index (χ1) is 29.1. The third-order valence-corrected chi connectivity index (χ3v) is 11.1. The SMILES string of the molecule is COC(=O)c1ccc(NC(=S)NC2CCN(c3ncnc4cc(Cl)ccc34)CC2)cc1.N#Cc1cccc(NC(=S)NC2CCN(c3ncnc4cc(Cl)ccc34)CC2)c1. The standard InChI is InChI=1S/C22H22ClN5O2S.C21H19ClN6S/c1-30-21(29)14-2-5-16(6-3-14)26-22(31)27-17-8-10-28(11-9-17)20-18-7-4-15(23)12-19(18)24-13-25-20;22-15-4-5-18-19(11-15)24-13-25-20(18)28-8-6-16(7-9-28)26-21(29)27-17-3-1-2-14(10-17)12-23/h2-7,12-13,17H,8-11H2,1H3,(H2,26,27,31);1-5,10-11,13,16H,6-9H2,(H2,26,27,29). The third-order valence-electron chi connectivity index (χ3n) is 10.2. The smallest absolute Gasteiger partial charge is 0.337 e. The molecule has 0 unspecified atom stereocenters. The van der Waals surface area contributed by atoms with E-state index in [1.54, 1.807) is 49.1 Å². The number of carbonyl (C=O) groups excluding carboxylic acids is 1. The number of halogens is 2. The Bertz CT molecular complexity index is 2540. The largest absolute Gasteiger partial charge is 0.465 e. The van der Waals surface area contributed by atoms with Crippen LogP contribution in [0.5, 0.6) is 0 Å². The summed E-state index contributed by atoms with van der Waals surface area (Å²) >= 11 is 23.1. The van der Waals surface area contributed by atoms with E-state index in [1.165, 1.54) is 7.11 Å². The normalized spacial score (nSPS) is 14.4. The number of thiocarbonyl (C=S) groups is 2. The zero-order valence-corrected chi connectivity index (χ0v) is 35.7. The first-order valence-electron chi connectivity index (χ1n) is 19.3. The Balaban J connectivity index is 0.000000182. The molecule has 0 spiro atoms. The van der Waals surface area contributed by atoms with Crippen molar-refractivity contribution in [2.45, 2.75) is 37.8 Å². The van der Waals surface area contributed by atoms with Gasteiger partial charge < -0.3 is 35.8 Å². The maximum absolute atomic E-state index is 11.5. The molecule has 4 heterocycles. The number of rotatable bonds is 7. The highest BCUT2D eigenvalue weighted by molar-refractivity contribution is 7.80. The lowest BCUT2D eigenvalue weighted by Gasteiger charge is -2.34. The van der Waals surface area contributed by atoms with E-state index in [2.05, 4.69) is 57.1 Å². The Hall–Kier alpha value is -5.92. The molecule has 2 aliphatic rings. The van der Waals surface area contributed by atoms with Crippen molar-refractivity contribution in [3.63, 3.8) is 0 Å². The van der Waals surface area contributed by atoms with Gasteiger partial charge in [-0.15, -0.1) is 0 Å². The number of nitriles is 1. The fourth-order valence-corrected chi connectivity index (χ4v) is 8.09. The second kappa shape index (κ2) is 19.9. The molecule has 2 aliphatic heterocycles. The second-order valence-corrected chi connectivity index (χ2v) is 15.9. The summed E-state index contributed by atoms with van der Waals surface area (Å²) < 4.78 is 4.71. The number of fused-ring (bicyclic) bond motifs is 2. The van der Waals surface area contributed by atoms with E-state index in [0.717, 1.165) is 96.7 Å². The molecule has 17 heteroatoms. The number of carbonyl (C=O) groups is 1. The molecular weight excluding hydrogens is 838 g/mol. The van der Waals surface area contributed by atoms with Crippen LogP contribution < -0.4 is 31.1 Å². The Labute approximate surface area is 368 Å². The summed E-state index contributed by atoms with van der Waals surface area (Å²) in [5.41, 5.74) is 4.43. The third kappa shape index (κ3) is 10.8. The molecule has 0 bridgehead atoms. The van der Waals surface area contributed by atoms with E-state index in [1.807, 2.05) is 48.5 Å². The maximum Gasteiger partial charge on any atom is 0.337 e. The number of piperidine rings is 2. The lowest BCUT2D eigenvalue weighted by atomic mass is 10.0. The van der Waals surface area contributed by atoms with Gasteiger partial charge in [0.15, 0.2) is 10.2 Å². The fourth-order valence-electron chi connectivity index (χ4n) is 7.19. The van der Waals surface area contributed by atoms with E-state index in [0.29, 0.717) is 31.4 Å². The average molecular weight is 879 g/mol. The minimum absolute atomic E-state index is 0.271. The highest BCUT2D eigenvalue weighted by Crippen LogP contribution is 2.29. The van der Waals surface area contributed by atoms with Gasteiger partial charge in [-0.1, -0.05) is 29.3 Å². The van der Waals surface area contributed by atoms with Crippen molar-refractivity contribution in [2.24, 2.45) is 0 Å². The maximum atomic E-state index is 11.5. The van der Waals surface area contributed by atoms with E-state index < -0.39 is 0 Å². The number of esters is 1. The van der Waals surface area contributed by atoms with Crippen molar-refractivity contribution >= 4 is 109 Å². The van der Waals surface area contributed by atoms with E-state index in [9.17, 15) is 4.79 Å². The van der Waals surface area contributed by atoms with Crippen molar-refractivity contribution in [3.05, 3.63) is 119 Å². The van der Waals surface area contributed by atoms with E-state index >= 15 is 0 Å². The molecule has 306 valence electrons. The number of nitrogens with one attached hydrogen (secondary N) is 4. The minimum Gasteiger partial charge on any atom is -0.465 e. The highest BCUT2D eigenvalue weighted by Gasteiger charge is 2.24. The molecule has 0 radical (unpaired) electrons. The molecule has 0 saturated carbocycles. The molecule has 60 heavy (non-hydrogen) atoms. The van der Waals surface area contributed by atoms with Crippen LogP contribution in [0, 0.1) is 11.3 Å². The van der Waals surface area contributed by atoms with Gasteiger partial charge in [-0.2, -0.15) is 5.26 Å². The molecule has 8 rings (SSSR count). The second-order valence-electron chi connectivity index (χ2n) is 14.2. The molecule has 4 aromatic carbocycles. The Kier molecular flexibility index (Phi) is 14.0. The van der Waals surface area contributed by atoms with Gasteiger partial charge in [0.05, 0.1) is 35.3 Å². The predicted octanol–water partition coefficient (Wildman–Crippen LogP) is 8.14. The summed E-state index contributed by atoms with van der Waals surface area (Å²) in [6.07, 6.45) is 6.93. The van der Waals surface area contributed by atoms with Crippen molar-refractivity contribution in [1.29, 1.82) is 5.26 Å². The van der Waals surface area contributed by atoms with Crippen molar-refractivity contribution < 1.29 is 9.53 Å². The van der Waals surface area contributed by atoms with Crippen molar-refractivity contribution in [3.8, 4) is 6.07 Å². The van der Waals surface area contributed by atoms with Crippen LogP contribution in [0.15, 0.2) is 97.6 Å². The predicted molar refractivity (Wildman–Crippen MR) is 247 cm³/mol. The number of methoxy groups -OCH3 is 1. The van der Waals surface area contributed by atoms with Gasteiger partial charge >= 0.3 is 5.97 Å². The first kappa shape index (κ1) is 42.2. The highest BCUT2D eigenvalue weighted by atomic mass is 35.5. The molecule has 0 aliphatic carbocycles. The number of aromatic nitrogens is 4. The fraction of sp³-hybridized carbons (Fsp3) is 0.256. The summed E-state index contributed by atoms with van der Waals surface area (Å²) in [7, 11) is 1.36. The van der Waals surface area contributed by atoms with Gasteiger partial charge in [-0.25, -0.2) is 24.7 Å². The Morgan fingerprint density at radius 3 is 1.68 bits per heavy atom. The van der Waals surface area contributed by atoms with Crippen LogP contribution in [-0.2, 0) is 4.74 Å². The van der Waals surface area contributed by atoms with Crippen LogP contribution in [-0.4, -0.2) is 81.5 Å². The van der Waals surface area contributed by atoms with Crippen LogP contribution >= 0.6 is 47.6 Å². The molecule has 13 nitrogen and oxygen atoms in total. The number of anilines is 4. The Morgan fingerprint density at radius 2 is 1.20 bits per heavy atom. The molecular formula is C43H41Cl2N11O2S2. The Morgan fingerprint density at radius 1 is 0.700 bits per heavy atom. The molecule has 0 amide bonds. The zero-order valence-electron chi connectivity index (χ0n) is 32.6. The van der Waals surface area contributed by atoms with Crippen LogP contribution in [0.3, 0.4) is 0 Å². The van der Waals surface area contributed by atoms with Gasteiger partial charge in [0, 0.05) is 70.5 Å². The van der Waals surface area contributed by atoms with E-state index in [-0.39, 0.29) is 18.1 Å². The van der Waals surface area contributed by atoms with Crippen LogP contribution in [0.2, 0.25) is 10.0 Å². The van der Waals surface area contributed by atoms with Crippen molar-refractivity contribution in [1.82, 2.24) is 30.6 Å². The van der Waals surface area contributed by atoms with Crippen LogP contribution in [0.4, 0.5) is 23.0 Å². The zero-order chi connectivity index (χ0) is 42.0. The summed E-state index contributed by atoms with van der Waals surface area (Å²) in [6, 6.07) is 28.4. The number of hydrogen-bond donors (Lipinski definition) is 4. The van der Waals surface area contributed by atoms with Gasteiger partial charge in [0.1, 0.15) is 24.3 Å². The molecule has 0 atom stereocenters. The minimum atomic E-state index is -0.362. The van der Waals surface area contributed by atoms with E-state index in [4.69, 9.17) is 57.6 Å². The van der Waals surface area contributed by atoms with Gasteiger partial charge in [0.25, 0.3) is 0 Å². The summed E-state index contributed by atoms with van der Waals surface area (Å²) in [5.74, 6) is 1.52. The molecule has 6 aromatic rings. The lowest BCUT2D eigenvalue weighted by Crippen LogP contribution is -2.46. The van der Waals surface area contributed by atoms with Gasteiger partial charge in [0.2, 0.25) is 0 Å². The van der Waals surface area contributed by atoms with Crippen LogP contribution in [0.25, 0.3) is 21.8 Å². The van der Waals surface area contributed by atoms with Crippen molar-refractivity contribution in [2.75, 3.05) is 53.7 Å². The summed E-state index contributed by atoms with van der Waals surface area (Å²) in [5, 5.41) is 26.6. The van der Waals surface area contributed by atoms with Gasteiger partial charge in [-0.05, 0) is 129 Å². The summed E-state index contributed by atoms with van der Waals surface area (Å²) in [4.78, 5) is 33.7. The first-order valence-corrected chi connectivity index (χ1v) is 20.9. The number of nitrogens with zero attached hydrogens (tertiary/aromatic N) is 7. The molecule has 2 saturated heterocycles. The topological polar surface area (TPSA) is 156 Å².